The standard InChI is InChI=1S/C9H15N3O/c1-7(3-5-13)12-9-6-8(10)2-4-11-9/h2,4,6-7,13H,3,5H2,1H3,(H3,10,11,12). The van der Waals surface area contributed by atoms with Gasteiger partial charge in [0.15, 0.2) is 0 Å². The quantitative estimate of drug-likeness (QED) is 0.644. The van der Waals surface area contributed by atoms with Crippen LogP contribution in [-0.2, 0) is 0 Å². The smallest absolute Gasteiger partial charge is 0.128 e. The van der Waals surface area contributed by atoms with E-state index in [0.29, 0.717) is 12.1 Å². The average molecular weight is 181 g/mol. The van der Waals surface area contributed by atoms with Crippen LogP contribution < -0.4 is 11.1 Å². The second-order valence-corrected chi connectivity index (χ2v) is 3.03. The predicted molar refractivity (Wildman–Crippen MR) is 53.4 cm³/mol. The number of nitrogens with zero attached hydrogens (tertiary/aromatic N) is 1. The molecule has 1 atom stereocenters. The van der Waals surface area contributed by atoms with E-state index in [1.165, 1.54) is 0 Å². The summed E-state index contributed by atoms with van der Waals surface area (Å²) >= 11 is 0. The number of aliphatic hydroxyl groups is 1. The van der Waals surface area contributed by atoms with Gasteiger partial charge in [0, 0.05) is 30.6 Å². The summed E-state index contributed by atoms with van der Waals surface area (Å²) in [5, 5.41) is 11.8. The molecule has 0 radical (unpaired) electrons. The Kier molecular flexibility index (Phi) is 3.52. The maximum absolute atomic E-state index is 8.68. The lowest BCUT2D eigenvalue weighted by molar-refractivity contribution is 0.282. The van der Waals surface area contributed by atoms with Crippen LogP contribution in [-0.4, -0.2) is 22.7 Å². The Morgan fingerprint density at radius 1 is 1.69 bits per heavy atom. The van der Waals surface area contributed by atoms with E-state index in [4.69, 9.17) is 10.8 Å². The highest BCUT2D eigenvalue weighted by Crippen LogP contribution is 2.09. The van der Waals surface area contributed by atoms with Crippen molar-refractivity contribution in [3.05, 3.63) is 18.3 Å². The molecule has 4 N–H and O–H groups in total. The summed E-state index contributed by atoms with van der Waals surface area (Å²) in [5.41, 5.74) is 6.27. The molecule has 1 aromatic heterocycles. The van der Waals surface area contributed by atoms with Crippen molar-refractivity contribution in [1.29, 1.82) is 0 Å². The van der Waals surface area contributed by atoms with Gasteiger partial charge in [-0.1, -0.05) is 0 Å². The van der Waals surface area contributed by atoms with Crippen molar-refractivity contribution in [2.24, 2.45) is 0 Å². The molecular formula is C9H15N3O. The molecule has 1 aromatic rings. The average Bonchev–Trinajstić information content (AvgIpc) is 2.04. The lowest BCUT2D eigenvalue weighted by Gasteiger charge is -2.12. The predicted octanol–water partition coefficient (Wildman–Crippen LogP) is 0.847. The van der Waals surface area contributed by atoms with Crippen LogP contribution in [0.4, 0.5) is 11.5 Å². The molecule has 4 heteroatoms. The zero-order chi connectivity index (χ0) is 9.68. The fourth-order valence-electron chi connectivity index (χ4n) is 1.04. The maximum atomic E-state index is 8.68. The van der Waals surface area contributed by atoms with Crippen LogP contribution in [0.1, 0.15) is 13.3 Å². The summed E-state index contributed by atoms with van der Waals surface area (Å²) in [6.07, 6.45) is 2.36. The molecule has 1 rings (SSSR count). The Bertz CT molecular complexity index is 265. The Labute approximate surface area is 77.8 Å². The number of pyridine rings is 1. The first-order valence-corrected chi connectivity index (χ1v) is 4.31. The zero-order valence-corrected chi connectivity index (χ0v) is 7.70. The third-order valence-electron chi connectivity index (χ3n) is 1.74. The highest BCUT2D eigenvalue weighted by Gasteiger charge is 2.01. The van der Waals surface area contributed by atoms with Crippen LogP contribution in [0.3, 0.4) is 0 Å². The number of rotatable bonds is 4. The first kappa shape index (κ1) is 9.80. The molecule has 4 nitrogen and oxygen atoms in total. The molecule has 1 unspecified atom stereocenters. The van der Waals surface area contributed by atoms with Gasteiger partial charge in [0.25, 0.3) is 0 Å². The minimum atomic E-state index is 0.177. The summed E-state index contributed by atoms with van der Waals surface area (Å²) in [6, 6.07) is 3.72. The number of hydrogen-bond donors (Lipinski definition) is 3. The van der Waals surface area contributed by atoms with E-state index in [0.717, 1.165) is 5.82 Å². The molecule has 13 heavy (non-hydrogen) atoms. The van der Waals surface area contributed by atoms with Crippen molar-refractivity contribution < 1.29 is 5.11 Å². The van der Waals surface area contributed by atoms with E-state index < -0.39 is 0 Å². The Morgan fingerprint density at radius 2 is 2.46 bits per heavy atom. The van der Waals surface area contributed by atoms with Crippen LogP contribution >= 0.6 is 0 Å². The van der Waals surface area contributed by atoms with Crippen molar-refractivity contribution in [2.45, 2.75) is 19.4 Å². The van der Waals surface area contributed by atoms with Gasteiger partial charge in [-0.3, -0.25) is 0 Å². The van der Waals surface area contributed by atoms with E-state index in [1.807, 2.05) is 6.92 Å². The van der Waals surface area contributed by atoms with Gasteiger partial charge in [0.1, 0.15) is 5.82 Å². The van der Waals surface area contributed by atoms with Gasteiger partial charge in [0.2, 0.25) is 0 Å². The number of hydrogen-bond acceptors (Lipinski definition) is 4. The number of aliphatic hydroxyl groups excluding tert-OH is 1. The Morgan fingerprint density at radius 3 is 3.08 bits per heavy atom. The largest absolute Gasteiger partial charge is 0.399 e. The fourth-order valence-corrected chi connectivity index (χ4v) is 1.04. The maximum Gasteiger partial charge on any atom is 0.128 e. The van der Waals surface area contributed by atoms with Gasteiger partial charge in [-0.05, 0) is 19.4 Å². The molecule has 0 amide bonds. The fraction of sp³-hybridized carbons (Fsp3) is 0.444. The summed E-state index contributed by atoms with van der Waals surface area (Å²) < 4.78 is 0. The molecule has 0 fully saturated rings. The highest BCUT2D eigenvalue weighted by atomic mass is 16.3. The monoisotopic (exact) mass is 181 g/mol. The number of nitrogens with two attached hydrogens (primary N) is 1. The summed E-state index contributed by atoms with van der Waals surface area (Å²) in [6.45, 7) is 2.16. The van der Waals surface area contributed by atoms with Crippen LogP contribution in [0.15, 0.2) is 18.3 Å². The molecule has 1 heterocycles. The van der Waals surface area contributed by atoms with Crippen molar-refractivity contribution in [1.82, 2.24) is 4.98 Å². The minimum absolute atomic E-state index is 0.177. The van der Waals surface area contributed by atoms with Gasteiger partial charge in [0.05, 0.1) is 0 Å². The minimum Gasteiger partial charge on any atom is -0.399 e. The summed E-state index contributed by atoms with van der Waals surface area (Å²) in [4.78, 5) is 4.09. The molecule has 0 aliphatic carbocycles. The van der Waals surface area contributed by atoms with E-state index in [1.54, 1.807) is 18.3 Å². The molecule has 0 aliphatic rings. The molecule has 0 saturated heterocycles. The lowest BCUT2D eigenvalue weighted by atomic mass is 10.2. The second-order valence-electron chi connectivity index (χ2n) is 3.03. The van der Waals surface area contributed by atoms with E-state index in [9.17, 15) is 0 Å². The molecule has 0 aliphatic heterocycles. The van der Waals surface area contributed by atoms with Gasteiger partial charge in [-0.15, -0.1) is 0 Å². The highest BCUT2D eigenvalue weighted by molar-refractivity contribution is 5.48. The van der Waals surface area contributed by atoms with Gasteiger partial charge in [-0.25, -0.2) is 4.98 Å². The summed E-state index contributed by atoms with van der Waals surface area (Å²) in [7, 11) is 0. The number of anilines is 2. The van der Waals surface area contributed by atoms with Gasteiger partial charge < -0.3 is 16.2 Å². The van der Waals surface area contributed by atoms with Gasteiger partial charge >= 0.3 is 0 Å². The van der Waals surface area contributed by atoms with E-state index in [2.05, 4.69) is 10.3 Å². The normalized spacial score (nSPS) is 12.5. The van der Waals surface area contributed by atoms with Crippen LogP contribution in [0.2, 0.25) is 0 Å². The lowest BCUT2D eigenvalue weighted by Crippen LogP contribution is -2.17. The number of aromatic nitrogens is 1. The first-order chi connectivity index (χ1) is 6.22. The van der Waals surface area contributed by atoms with Crippen LogP contribution in [0, 0.1) is 0 Å². The first-order valence-electron chi connectivity index (χ1n) is 4.31. The Balaban J connectivity index is 2.53. The number of nitrogen functional groups attached to an aromatic ring is 1. The van der Waals surface area contributed by atoms with Crippen molar-refractivity contribution in [2.75, 3.05) is 17.7 Å². The molecule has 0 saturated carbocycles. The Hall–Kier alpha value is -1.29. The molecule has 0 spiro atoms. The second kappa shape index (κ2) is 4.67. The van der Waals surface area contributed by atoms with Crippen molar-refractivity contribution >= 4 is 11.5 Å². The van der Waals surface area contributed by atoms with Crippen molar-refractivity contribution in [3.8, 4) is 0 Å². The van der Waals surface area contributed by atoms with Crippen LogP contribution in [0.5, 0.6) is 0 Å². The SMILES string of the molecule is CC(CCO)Nc1cc(N)ccn1. The summed E-state index contributed by atoms with van der Waals surface area (Å²) in [5.74, 6) is 0.751. The van der Waals surface area contributed by atoms with Crippen molar-refractivity contribution in [3.63, 3.8) is 0 Å². The molecule has 0 bridgehead atoms. The number of nitrogens with one attached hydrogen (secondary N) is 1. The third kappa shape index (κ3) is 3.29. The molecule has 72 valence electrons. The van der Waals surface area contributed by atoms with E-state index >= 15 is 0 Å². The zero-order valence-electron chi connectivity index (χ0n) is 7.70. The van der Waals surface area contributed by atoms with E-state index in [-0.39, 0.29) is 12.6 Å². The molecule has 0 aromatic carbocycles. The molecular weight excluding hydrogens is 166 g/mol. The van der Waals surface area contributed by atoms with Gasteiger partial charge in [-0.2, -0.15) is 0 Å². The third-order valence-corrected chi connectivity index (χ3v) is 1.74. The van der Waals surface area contributed by atoms with Crippen LogP contribution in [0.25, 0.3) is 0 Å². The topological polar surface area (TPSA) is 71.2 Å².